The normalized spacial score (nSPS) is 21.4. The monoisotopic (exact) mass is 449 g/mol. The lowest BCUT2D eigenvalue weighted by molar-refractivity contribution is 0.0380. The number of likely N-dealkylation sites (tertiary alicyclic amines) is 1. The fourth-order valence-electron chi connectivity index (χ4n) is 5.03. The predicted molar refractivity (Wildman–Crippen MR) is 125 cm³/mol. The van der Waals surface area contributed by atoms with Crippen LogP contribution in [0.5, 0.6) is 0 Å². The SMILES string of the molecule is CC(c1ccc(F)cc1)N1CCC(N2CCN(C(C)c3ccc(F)cc3)CC2)CC1.Cl. The highest BCUT2D eigenvalue weighted by molar-refractivity contribution is 5.85. The number of hydrogen-bond donors (Lipinski definition) is 0. The van der Waals surface area contributed by atoms with Gasteiger partial charge in [-0.05, 0) is 62.1 Å². The van der Waals surface area contributed by atoms with Gasteiger partial charge in [-0.1, -0.05) is 24.3 Å². The molecule has 2 saturated heterocycles. The van der Waals surface area contributed by atoms with Crippen LogP contribution in [-0.4, -0.2) is 60.0 Å². The van der Waals surface area contributed by atoms with Crippen LogP contribution in [0.25, 0.3) is 0 Å². The van der Waals surface area contributed by atoms with Gasteiger partial charge in [0, 0.05) is 57.4 Å². The minimum absolute atomic E-state index is 0. The lowest BCUT2D eigenvalue weighted by Gasteiger charge is -2.45. The summed E-state index contributed by atoms with van der Waals surface area (Å²) in [6.07, 6.45) is 2.39. The number of hydrogen-bond acceptors (Lipinski definition) is 3. The van der Waals surface area contributed by atoms with Crippen molar-refractivity contribution in [3.63, 3.8) is 0 Å². The second-order valence-electron chi connectivity index (χ2n) is 8.79. The van der Waals surface area contributed by atoms with Crippen LogP contribution in [0.3, 0.4) is 0 Å². The van der Waals surface area contributed by atoms with Crippen molar-refractivity contribution >= 4 is 12.4 Å². The van der Waals surface area contributed by atoms with Crippen LogP contribution in [0, 0.1) is 11.6 Å². The molecule has 2 fully saturated rings. The van der Waals surface area contributed by atoms with Gasteiger partial charge in [0.1, 0.15) is 11.6 Å². The van der Waals surface area contributed by atoms with E-state index in [4.69, 9.17) is 0 Å². The van der Waals surface area contributed by atoms with Gasteiger partial charge in [0.25, 0.3) is 0 Å². The van der Waals surface area contributed by atoms with Gasteiger partial charge >= 0.3 is 0 Å². The van der Waals surface area contributed by atoms with E-state index in [2.05, 4.69) is 28.5 Å². The van der Waals surface area contributed by atoms with Gasteiger partial charge in [-0.3, -0.25) is 14.7 Å². The Labute approximate surface area is 191 Å². The Morgan fingerprint density at radius 3 is 1.45 bits per heavy atom. The zero-order valence-corrected chi connectivity index (χ0v) is 19.3. The summed E-state index contributed by atoms with van der Waals surface area (Å²) in [6.45, 7) is 11.0. The van der Waals surface area contributed by atoms with Gasteiger partial charge in [0.2, 0.25) is 0 Å². The molecule has 31 heavy (non-hydrogen) atoms. The molecule has 4 rings (SSSR count). The first-order valence-corrected chi connectivity index (χ1v) is 11.2. The Morgan fingerprint density at radius 1 is 0.645 bits per heavy atom. The molecule has 0 aromatic heterocycles. The highest BCUT2D eigenvalue weighted by Gasteiger charge is 2.30. The van der Waals surface area contributed by atoms with Gasteiger partial charge < -0.3 is 0 Å². The zero-order chi connectivity index (χ0) is 21.1. The molecular weight excluding hydrogens is 416 g/mol. The van der Waals surface area contributed by atoms with Gasteiger partial charge in [-0.15, -0.1) is 12.4 Å². The third kappa shape index (κ3) is 5.83. The average Bonchev–Trinajstić information content (AvgIpc) is 2.79. The molecule has 0 saturated carbocycles. The maximum atomic E-state index is 13.2. The van der Waals surface area contributed by atoms with Crippen LogP contribution in [0.2, 0.25) is 0 Å². The lowest BCUT2D eigenvalue weighted by atomic mass is 9.98. The van der Waals surface area contributed by atoms with Crippen LogP contribution in [-0.2, 0) is 0 Å². The first kappa shape index (κ1) is 24.1. The molecular formula is C25H34ClF2N3. The first-order chi connectivity index (χ1) is 14.5. The highest BCUT2D eigenvalue weighted by Crippen LogP contribution is 2.28. The maximum absolute atomic E-state index is 13.2. The molecule has 2 aromatic rings. The largest absolute Gasteiger partial charge is 0.298 e. The highest BCUT2D eigenvalue weighted by atomic mass is 35.5. The van der Waals surface area contributed by atoms with E-state index < -0.39 is 0 Å². The van der Waals surface area contributed by atoms with E-state index in [-0.39, 0.29) is 24.0 Å². The predicted octanol–water partition coefficient (Wildman–Crippen LogP) is 5.29. The van der Waals surface area contributed by atoms with Gasteiger partial charge in [-0.2, -0.15) is 0 Å². The maximum Gasteiger partial charge on any atom is 0.123 e. The lowest BCUT2D eigenvalue weighted by Crippen LogP contribution is -2.53. The van der Waals surface area contributed by atoms with E-state index in [9.17, 15) is 8.78 Å². The number of piperidine rings is 1. The zero-order valence-electron chi connectivity index (χ0n) is 18.5. The molecule has 0 bridgehead atoms. The summed E-state index contributed by atoms with van der Waals surface area (Å²) in [5.74, 6) is -0.339. The minimum Gasteiger partial charge on any atom is -0.298 e. The molecule has 6 heteroatoms. The number of nitrogens with zero attached hydrogens (tertiary/aromatic N) is 3. The summed E-state index contributed by atoms with van der Waals surface area (Å²) < 4.78 is 26.4. The van der Waals surface area contributed by atoms with Crippen LogP contribution in [0.15, 0.2) is 48.5 Å². The second-order valence-corrected chi connectivity index (χ2v) is 8.79. The van der Waals surface area contributed by atoms with Crippen LogP contribution in [0.4, 0.5) is 8.78 Å². The molecule has 0 radical (unpaired) electrons. The summed E-state index contributed by atoms with van der Waals surface area (Å²) in [5, 5.41) is 0. The third-order valence-corrected chi connectivity index (χ3v) is 7.16. The molecule has 2 heterocycles. The number of rotatable bonds is 5. The first-order valence-electron chi connectivity index (χ1n) is 11.2. The number of piperazine rings is 1. The van der Waals surface area contributed by atoms with E-state index >= 15 is 0 Å². The molecule has 3 nitrogen and oxygen atoms in total. The van der Waals surface area contributed by atoms with Crippen molar-refractivity contribution < 1.29 is 8.78 Å². The van der Waals surface area contributed by atoms with Crippen molar-refractivity contribution in [1.82, 2.24) is 14.7 Å². The van der Waals surface area contributed by atoms with E-state index in [0.29, 0.717) is 18.1 Å². The summed E-state index contributed by atoms with van der Waals surface area (Å²) in [4.78, 5) is 7.69. The van der Waals surface area contributed by atoms with Gasteiger partial charge in [0.05, 0.1) is 0 Å². The van der Waals surface area contributed by atoms with E-state index in [1.54, 1.807) is 24.3 Å². The van der Waals surface area contributed by atoms with Gasteiger partial charge in [0.15, 0.2) is 0 Å². The van der Waals surface area contributed by atoms with Crippen LogP contribution in [0.1, 0.15) is 49.9 Å². The minimum atomic E-state index is -0.171. The van der Waals surface area contributed by atoms with Crippen molar-refractivity contribution in [1.29, 1.82) is 0 Å². The molecule has 2 aromatic carbocycles. The Bertz CT molecular complexity index is 729. The Kier molecular flexibility index (Phi) is 8.45. The molecule has 2 aliphatic heterocycles. The number of halogens is 3. The van der Waals surface area contributed by atoms with Crippen LogP contribution >= 0.6 is 12.4 Å². The van der Waals surface area contributed by atoms with Crippen molar-refractivity contribution in [3.05, 3.63) is 71.3 Å². The van der Waals surface area contributed by atoms with Crippen molar-refractivity contribution in [2.75, 3.05) is 39.3 Å². The summed E-state index contributed by atoms with van der Waals surface area (Å²) in [7, 11) is 0. The second kappa shape index (κ2) is 10.9. The van der Waals surface area contributed by atoms with Crippen molar-refractivity contribution in [2.24, 2.45) is 0 Å². The molecule has 0 spiro atoms. The molecule has 2 unspecified atom stereocenters. The fraction of sp³-hybridized carbons (Fsp3) is 0.520. The molecule has 2 atom stereocenters. The molecule has 0 amide bonds. The van der Waals surface area contributed by atoms with Crippen molar-refractivity contribution in [2.45, 2.75) is 44.8 Å². The van der Waals surface area contributed by atoms with Crippen LogP contribution < -0.4 is 0 Å². The topological polar surface area (TPSA) is 9.72 Å². The smallest absolute Gasteiger partial charge is 0.123 e. The van der Waals surface area contributed by atoms with E-state index in [0.717, 1.165) is 39.3 Å². The Morgan fingerprint density at radius 2 is 1.03 bits per heavy atom. The average molecular weight is 450 g/mol. The molecule has 0 N–H and O–H groups in total. The van der Waals surface area contributed by atoms with Crippen molar-refractivity contribution in [3.8, 4) is 0 Å². The summed E-state index contributed by atoms with van der Waals surface area (Å²) in [6, 6.07) is 15.2. The summed E-state index contributed by atoms with van der Waals surface area (Å²) in [5.41, 5.74) is 2.38. The quantitative estimate of drug-likeness (QED) is 0.614. The van der Waals surface area contributed by atoms with E-state index in [1.165, 1.54) is 24.0 Å². The molecule has 0 aliphatic carbocycles. The fourth-order valence-corrected chi connectivity index (χ4v) is 5.03. The molecule has 2 aliphatic rings. The molecule has 170 valence electrons. The number of benzene rings is 2. The Hall–Kier alpha value is -1.53. The standard InChI is InChI=1S/C25H33F2N3.ClH/c1-19(21-3-7-23(26)8-4-21)28-13-11-25(12-14-28)30-17-15-29(16-18-30)20(2)22-5-9-24(27)10-6-22;/h3-10,19-20,25H,11-18H2,1-2H3;1H. The van der Waals surface area contributed by atoms with E-state index in [1.807, 2.05) is 24.3 Å². The third-order valence-electron chi connectivity index (χ3n) is 7.16. The Balaban J connectivity index is 0.00000272. The summed E-state index contributed by atoms with van der Waals surface area (Å²) >= 11 is 0. The van der Waals surface area contributed by atoms with Gasteiger partial charge in [-0.25, -0.2) is 8.78 Å².